The smallest absolute Gasteiger partial charge is 0.223 e. The van der Waals surface area contributed by atoms with Crippen LogP contribution in [0, 0.1) is 23.1 Å². The average molecular weight is 234 g/mol. The van der Waals surface area contributed by atoms with Crippen LogP contribution < -0.4 is 5.32 Å². The Morgan fingerprint density at radius 1 is 1.59 bits per heavy atom. The third-order valence-corrected chi connectivity index (χ3v) is 2.70. The molecule has 0 aromatic heterocycles. The van der Waals surface area contributed by atoms with Crippen LogP contribution in [-0.2, 0) is 11.3 Å². The second-order valence-electron chi connectivity index (χ2n) is 3.95. The van der Waals surface area contributed by atoms with E-state index in [2.05, 4.69) is 5.32 Å². The number of amides is 1. The predicted octanol–water partition coefficient (Wildman–Crippen LogP) is 2.36. The SMILES string of the molecule is CCC(C)C(=O)NCc1ccc(C#N)cc1F. The first-order chi connectivity index (χ1) is 8.08. The van der Waals surface area contributed by atoms with Gasteiger partial charge in [0, 0.05) is 18.0 Å². The Kier molecular flexibility index (Phi) is 4.65. The Labute approximate surface area is 100 Å². The molecule has 0 aliphatic heterocycles. The van der Waals surface area contributed by atoms with Crippen molar-refractivity contribution in [2.75, 3.05) is 0 Å². The highest BCUT2D eigenvalue weighted by Gasteiger charge is 2.11. The van der Waals surface area contributed by atoms with Crippen LogP contribution in [0.1, 0.15) is 31.4 Å². The number of nitriles is 1. The van der Waals surface area contributed by atoms with Crippen molar-refractivity contribution in [2.45, 2.75) is 26.8 Å². The standard InChI is InChI=1S/C13H15FN2O/c1-3-9(2)13(17)16-8-11-5-4-10(7-15)6-12(11)14/h4-6,9H,3,8H2,1-2H3,(H,16,17). The fourth-order valence-electron chi connectivity index (χ4n) is 1.30. The van der Waals surface area contributed by atoms with Gasteiger partial charge >= 0.3 is 0 Å². The summed E-state index contributed by atoms with van der Waals surface area (Å²) in [6, 6.07) is 6.09. The lowest BCUT2D eigenvalue weighted by atomic mass is 10.1. The van der Waals surface area contributed by atoms with Crippen LogP contribution in [-0.4, -0.2) is 5.91 Å². The summed E-state index contributed by atoms with van der Waals surface area (Å²) >= 11 is 0. The van der Waals surface area contributed by atoms with Gasteiger partial charge in [-0.3, -0.25) is 4.79 Å². The molecule has 1 amide bonds. The van der Waals surface area contributed by atoms with Gasteiger partial charge in [0.25, 0.3) is 0 Å². The summed E-state index contributed by atoms with van der Waals surface area (Å²) in [5, 5.41) is 11.3. The molecule has 1 unspecified atom stereocenters. The number of nitrogens with zero attached hydrogens (tertiary/aromatic N) is 1. The molecule has 3 nitrogen and oxygen atoms in total. The van der Waals surface area contributed by atoms with Crippen LogP contribution in [0.5, 0.6) is 0 Å². The van der Waals surface area contributed by atoms with Crippen molar-refractivity contribution >= 4 is 5.91 Å². The van der Waals surface area contributed by atoms with E-state index < -0.39 is 5.82 Å². The van der Waals surface area contributed by atoms with Gasteiger partial charge in [0.2, 0.25) is 5.91 Å². The lowest BCUT2D eigenvalue weighted by Crippen LogP contribution is -2.28. The van der Waals surface area contributed by atoms with Crippen molar-refractivity contribution in [1.82, 2.24) is 5.32 Å². The minimum Gasteiger partial charge on any atom is -0.352 e. The molecule has 1 aromatic rings. The van der Waals surface area contributed by atoms with Crippen molar-refractivity contribution in [3.05, 3.63) is 35.1 Å². The number of carbonyl (C=O) groups is 1. The molecule has 0 fully saturated rings. The van der Waals surface area contributed by atoms with Crippen molar-refractivity contribution in [2.24, 2.45) is 5.92 Å². The van der Waals surface area contributed by atoms with Crippen LogP contribution in [0.3, 0.4) is 0 Å². The van der Waals surface area contributed by atoms with E-state index in [1.54, 1.807) is 0 Å². The Hall–Kier alpha value is -1.89. The Balaban J connectivity index is 2.65. The number of rotatable bonds is 4. The quantitative estimate of drug-likeness (QED) is 0.869. The molecule has 17 heavy (non-hydrogen) atoms. The zero-order chi connectivity index (χ0) is 12.8. The maximum atomic E-state index is 13.5. The van der Waals surface area contributed by atoms with Gasteiger partial charge in [0.1, 0.15) is 5.82 Å². The third kappa shape index (κ3) is 3.56. The lowest BCUT2D eigenvalue weighted by Gasteiger charge is -2.10. The van der Waals surface area contributed by atoms with Gasteiger partial charge in [0.05, 0.1) is 11.6 Å². The summed E-state index contributed by atoms with van der Waals surface area (Å²) < 4.78 is 13.5. The number of nitrogens with one attached hydrogen (secondary N) is 1. The molecular weight excluding hydrogens is 219 g/mol. The highest BCUT2D eigenvalue weighted by Crippen LogP contribution is 2.10. The molecule has 1 atom stereocenters. The summed E-state index contributed by atoms with van der Waals surface area (Å²) in [4.78, 5) is 11.5. The summed E-state index contributed by atoms with van der Waals surface area (Å²) in [7, 11) is 0. The van der Waals surface area contributed by atoms with Gasteiger partial charge in [-0.05, 0) is 18.6 Å². The normalized spacial score (nSPS) is 11.6. The maximum Gasteiger partial charge on any atom is 0.223 e. The predicted molar refractivity (Wildman–Crippen MR) is 62.4 cm³/mol. The largest absolute Gasteiger partial charge is 0.352 e. The second kappa shape index (κ2) is 6.00. The summed E-state index contributed by atoms with van der Waals surface area (Å²) in [5.41, 5.74) is 0.667. The molecule has 1 N–H and O–H groups in total. The van der Waals surface area contributed by atoms with Crippen LogP contribution in [0.25, 0.3) is 0 Å². The van der Waals surface area contributed by atoms with Crippen LogP contribution >= 0.6 is 0 Å². The molecule has 0 saturated heterocycles. The number of hydrogen-bond donors (Lipinski definition) is 1. The molecule has 0 heterocycles. The molecule has 0 aliphatic carbocycles. The Bertz CT molecular complexity index is 451. The van der Waals surface area contributed by atoms with E-state index in [4.69, 9.17) is 5.26 Å². The van der Waals surface area contributed by atoms with Crippen molar-refractivity contribution < 1.29 is 9.18 Å². The van der Waals surface area contributed by atoms with E-state index in [0.29, 0.717) is 5.56 Å². The molecule has 1 aromatic carbocycles. The van der Waals surface area contributed by atoms with E-state index in [0.717, 1.165) is 6.42 Å². The van der Waals surface area contributed by atoms with E-state index >= 15 is 0 Å². The van der Waals surface area contributed by atoms with Crippen LogP contribution in [0.15, 0.2) is 18.2 Å². The second-order valence-corrected chi connectivity index (χ2v) is 3.95. The molecule has 1 rings (SSSR count). The van der Waals surface area contributed by atoms with E-state index in [9.17, 15) is 9.18 Å². The first kappa shape index (κ1) is 13.2. The Morgan fingerprint density at radius 3 is 2.82 bits per heavy atom. The zero-order valence-corrected chi connectivity index (χ0v) is 9.96. The van der Waals surface area contributed by atoms with Gasteiger partial charge < -0.3 is 5.32 Å². The van der Waals surface area contributed by atoms with E-state index in [1.165, 1.54) is 18.2 Å². The molecule has 0 radical (unpaired) electrons. The highest BCUT2D eigenvalue weighted by atomic mass is 19.1. The van der Waals surface area contributed by atoms with Gasteiger partial charge in [-0.15, -0.1) is 0 Å². The summed E-state index contributed by atoms with van der Waals surface area (Å²) in [6.07, 6.45) is 0.752. The topological polar surface area (TPSA) is 52.9 Å². The van der Waals surface area contributed by atoms with Crippen molar-refractivity contribution in [3.63, 3.8) is 0 Å². The zero-order valence-electron chi connectivity index (χ0n) is 9.96. The molecule has 0 aliphatic rings. The first-order valence-corrected chi connectivity index (χ1v) is 5.54. The molecule has 0 bridgehead atoms. The summed E-state index contributed by atoms with van der Waals surface area (Å²) in [5.74, 6) is -0.624. The van der Waals surface area contributed by atoms with E-state index in [-0.39, 0.29) is 23.9 Å². The fraction of sp³-hybridized carbons (Fsp3) is 0.385. The number of carbonyl (C=O) groups excluding carboxylic acids is 1. The lowest BCUT2D eigenvalue weighted by molar-refractivity contribution is -0.124. The monoisotopic (exact) mass is 234 g/mol. The molecule has 90 valence electrons. The van der Waals surface area contributed by atoms with Crippen LogP contribution in [0.2, 0.25) is 0 Å². The number of halogens is 1. The third-order valence-electron chi connectivity index (χ3n) is 2.70. The fourth-order valence-corrected chi connectivity index (χ4v) is 1.30. The molecule has 0 spiro atoms. The first-order valence-electron chi connectivity index (χ1n) is 5.54. The highest BCUT2D eigenvalue weighted by molar-refractivity contribution is 5.78. The van der Waals surface area contributed by atoms with E-state index in [1.807, 2.05) is 19.9 Å². The van der Waals surface area contributed by atoms with Gasteiger partial charge in [-0.1, -0.05) is 19.9 Å². The van der Waals surface area contributed by atoms with Crippen molar-refractivity contribution in [3.8, 4) is 6.07 Å². The minimum absolute atomic E-state index is 0.0727. The van der Waals surface area contributed by atoms with Crippen LogP contribution in [0.4, 0.5) is 4.39 Å². The molecule has 4 heteroatoms. The summed E-state index contributed by atoms with van der Waals surface area (Å²) in [6.45, 7) is 3.90. The van der Waals surface area contributed by atoms with Gasteiger partial charge in [0.15, 0.2) is 0 Å². The molecule has 0 saturated carbocycles. The van der Waals surface area contributed by atoms with Crippen molar-refractivity contribution in [1.29, 1.82) is 5.26 Å². The Morgan fingerprint density at radius 2 is 2.29 bits per heavy atom. The van der Waals surface area contributed by atoms with Gasteiger partial charge in [-0.25, -0.2) is 4.39 Å². The van der Waals surface area contributed by atoms with Gasteiger partial charge in [-0.2, -0.15) is 5.26 Å². The molecular formula is C13H15FN2O. The minimum atomic E-state index is -0.464. The maximum absolute atomic E-state index is 13.5. The number of benzene rings is 1. The average Bonchev–Trinajstić information content (AvgIpc) is 2.35. The number of hydrogen-bond acceptors (Lipinski definition) is 2.